The summed E-state index contributed by atoms with van der Waals surface area (Å²) in [4.78, 5) is 0. The van der Waals surface area contributed by atoms with Gasteiger partial charge in [0.1, 0.15) is 0 Å². The van der Waals surface area contributed by atoms with Gasteiger partial charge in [0.25, 0.3) is 0 Å². The molecule has 1 aliphatic rings. The average molecular weight is 226 g/mol. The molecule has 0 aliphatic heterocycles. The van der Waals surface area contributed by atoms with Gasteiger partial charge in [0, 0.05) is 6.04 Å². The predicted molar refractivity (Wildman–Crippen MR) is 58.4 cm³/mol. The minimum absolute atomic E-state index is 0.0873. The molecule has 88 valence electrons. The van der Waals surface area contributed by atoms with Crippen LogP contribution in [0.3, 0.4) is 0 Å². The Hall–Kier alpha value is -1.00. The Labute approximate surface area is 93.8 Å². The number of nitrogens with one attached hydrogen (secondary N) is 1. The zero-order valence-corrected chi connectivity index (χ0v) is 9.05. The zero-order chi connectivity index (χ0) is 11.5. The number of benzene rings is 1. The Kier molecular flexibility index (Phi) is 3.51. The molecule has 1 aromatic rings. The van der Waals surface area contributed by atoms with Crippen molar-refractivity contribution in [1.29, 1.82) is 0 Å². The summed E-state index contributed by atoms with van der Waals surface area (Å²) in [6.07, 6.45) is 4.53. The molecule has 0 saturated heterocycles. The van der Waals surface area contributed by atoms with Crippen molar-refractivity contribution < 1.29 is 8.78 Å². The Morgan fingerprint density at radius 2 is 2.06 bits per heavy atom. The van der Waals surface area contributed by atoms with Crippen LogP contribution >= 0.6 is 0 Å². The smallest absolute Gasteiger partial charge is 0.159 e. The summed E-state index contributed by atoms with van der Waals surface area (Å²) < 4.78 is 25.8. The maximum Gasteiger partial charge on any atom is 0.159 e. The van der Waals surface area contributed by atoms with Crippen LogP contribution in [-0.2, 0) is 0 Å². The number of halogens is 2. The monoisotopic (exact) mass is 226 g/mol. The highest BCUT2D eigenvalue weighted by Crippen LogP contribution is 2.35. The lowest BCUT2D eigenvalue weighted by atomic mass is 10.0. The summed E-state index contributed by atoms with van der Waals surface area (Å²) in [6, 6.07) is 3.85. The highest BCUT2D eigenvalue weighted by atomic mass is 19.2. The van der Waals surface area contributed by atoms with Crippen LogP contribution < -0.4 is 11.3 Å². The minimum atomic E-state index is -0.818. The van der Waals surface area contributed by atoms with Crippen molar-refractivity contribution in [2.75, 3.05) is 0 Å². The van der Waals surface area contributed by atoms with Gasteiger partial charge in [0.15, 0.2) is 11.6 Å². The number of hydrogen-bond acceptors (Lipinski definition) is 2. The molecule has 1 fully saturated rings. The molecule has 0 aromatic heterocycles. The van der Waals surface area contributed by atoms with Gasteiger partial charge >= 0.3 is 0 Å². The van der Waals surface area contributed by atoms with E-state index in [9.17, 15) is 8.78 Å². The molecule has 16 heavy (non-hydrogen) atoms. The van der Waals surface area contributed by atoms with Crippen molar-refractivity contribution in [3.63, 3.8) is 0 Å². The van der Waals surface area contributed by atoms with Gasteiger partial charge in [-0.15, -0.1) is 0 Å². The summed E-state index contributed by atoms with van der Waals surface area (Å²) in [6.45, 7) is 0. The first kappa shape index (κ1) is 11.5. The normalized spacial score (nSPS) is 17.4. The zero-order valence-electron chi connectivity index (χ0n) is 9.05. The third kappa shape index (κ3) is 2.77. The van der Waals surface area contributed by atoms with Crippen LogP contribution in [0, 0.1) is 17.6 Å². The van der Waals surface area contributed by atoms with Gasteiger partial charge in [-0.2, -0.15) is 0 Å². The first-order chi connectivity index (χ1) is 7.70. The second-order valence-corrected chi connectivity index (χ2v) is 4.41. The fourth-order valence-electron chi connectivity index (χ4n) is 1.88. The predicted octanol–water partition coefficient (Wildman–Crippen LogP) is 2.66. The topological polar surface area (TPSA) is 38.0 Å². The Morgan fingerprint density at radius 3 is 2.62 bits per heavy atom. The summed E-state index contributed by atoms with van der Waals surface area (Å²) in [5.41, 5.74) is 3.37. The quantitative estimate of drug-likeness (QED) is 0.598. The van der Waals surface area contributed by atoms with E-state index in [1.807, 2.05) is 0 Å². The fraction of sp³-hybridized carbons (Fsp3) is 0.500. The number of hydrogen-bond donors (Lipinski definition) is 2. The van der Waals surface area contributed by atoms with Gasteiger partial charge in [0.2, 0.25) is 0 Å². The summed E-state index contributed by atoms with van der Waals surface area (Å²) in [7, 11) is 0. The van der Waals surface area contributed by atoms with E-state index >= 15 is 0 Å². The van der Waals surface area contributed by atoms with Crippen LogP contribution in [0.25, 0.3) is 0 Å². The van der Waals surface area contributed by atoms with E-state index in [1.54, 1.807) is 6.07 Å². The molecule has 2 rings (SSSR count). The van der Waals surface area contributed by atoms with Crippen molar-refractivity contribution in [1.82, 2.24) is 5.43 Å². The van der Waals surface area contributed by atoms with Crippen LogP contribution in [0.1, 0.15) is 37.3 Å². The molecular weight excluding hydrogens is 210 g/mol. The SMILES string of the molecule is NNC(CCC1CC1)c1ccc(F)c(F)c1. The molecule has 1 aliphatic carbocycles. The Balaban J connectivity index is 2.02. The van der Waals surface area contributed by atoms with E-state index < -0.39 is 11.6 Å². The van der Waals surface area contributed by atoms with Crippen molar-refractivity contribution >= 4 is 0 Å². The lowest BCUT2D eigenvalue weighted by Crippen LogP contribution is -2.28. The molecular formula is C12H16F2N2. The van der Waals surface area contributed by atoms with E-state index in [4.69, 9.17) is 5.84 Å². The first-order valence-corrected chi connectivity index (χ1v) is 5.62. The highest BCUT2D eigenvalue weighted by molar-refractivity contribution is 5.21. The third-order valence-corrected chi connectivity index (χ3v) is 3.11. The molecule has 3 N–H and O–H groups in total. The van der Waals surface area contributed by atoms with E-state index in [0.29, 0.717) is 5.56 Å². The van der Waals surface area contributed by atoms with Crippen molar-refractivity contribution in [2.24, 2.45) is 11.8 Å². The molecule has 1 unspecified atom stereocenters. The van der Waals surface area contributed by atoms with Gasteiger partial charge in [-0.3, -0.25) is 11.3 Å². The maximum absolute atomic E-state index is 13.0. The lowest BCUT2D eigenvalue weighted by Gasteiger charge is -2.16. The molecule has 1 aromatic carbocycles. The van der Waals surface area contributed by atoms with Crippen LogP contribution in [0.15, 0.2) is 18.2 Å². The number of hydrazine groups is 1. The molecule has 4 heteroatoms. The molecule has 0 radical (unpaired) electrons. The number of rotatable bonds is 5. The maximum atomic E-state index is 13.0. The van der Waals surface area contributed by atoms with Crippen LogP contribution in [0.5, 0.6) is 0 Å². The second-order valence-electron chi connectivity index (χ2n) is 4.41. The largest absolute Gasteiger partial charge is 0.271 e. The van der Waals surface area contributed by atoms with Gasteiger partial charge in [0.05, 0.1) is 0 Å². The second kappa shape index (κ2) is 4.89. The van der Waals surface area contributed by atoms with Crippen molar-refractivity contribution in [2.45, 2.75) is 31.7 Å². The first-order valence-electron chi connectivity index (χ1n) is 5.62. The van der Waals surface area contributed by atoms with Crippen LogP contribution in [0.4, 0.5) is 8.78 Å². The van der Waals surface area contributed by atoms with Gasteiger partial charge in [-0.25, -0.2) is 8.78 Å². The van der Waals surface area contributed by atoms with Gasteiger partial charge in [-0.05, 0) is 36.5 Å². The third-order valence-electron chi connectivity index (χ3n) is 3.11. The molecule has 0 spiro atoms. The van der Waals surface area contributed by atoms with E-state index in [0.717, 1.165) is 24.8 Å². The van der Waals surface area contributed by atoms with Crippen molar-refractivity contribution in [3.05, 3.63) is 35.4 Å². The molecule has 1 atom stereocenters. The summed E-state index contributed by atoms with van der Waals surface area (Å²) in [5.74, 6) is 4.61. The van der Waals surface area contributed by atoms with Crippen LogP contribution in [0.2, 0.25) is 0 Å². The Morgan fingerprint density at radius 1 is 1.31 bits per heavy atom. The van der Waals surface area contributed by atoms with E-state index in [-0.39, 0.29) is 6.04 Å². The molecule has 0 bridgehead atoms. The standard InChI is InChI=1S/C12H16F2N2/c13-10-5-4-9(7-11(10)14)12(16-15)6-3-8-1-2-8/h4-5,7-8,12,16H,1-3,6,15H2. The Bertz CT molecular complexity index is 364. The molecule has 0 heterocycles. The molecule has 2 nitrogen and oxygen atoms in total. The molecule has 0 amide bonds. The van der Waals surface area contributed by atoms with E-state index in [2.05, 4.69) is 5.43 Å². The minimum Gasteiger partial charge on any atom is -0.271 e. The van der Waals surface area contributed by atoms with E-state index in [1.165, 1.54) is 18.9 Å². The lowest BCUT2D eigenvalue weighted by molar-refractivity contribution is 0.469. The van der Waals surface area contributed by atoms with Gasteiger partial charge in [-0.1, -0.05) is 18.9 Å². The summed E-state index contributed by atoms with van der Waals surface area (Å²) >= 11 is 0. The number of nitrogens with two attached hydrogens (primary N) is 1. The molecule has 1 saturated carbocycles. The fourth-order valence-corrected chi connectivity index (χ4v) is 1.88. The average Bonchev–Trinajstić information content (AvgIpc) is 3.08. The highest BCUT2D eigenvalue weighted by Gasteiger charge is 2.23. The van der Waals surface area contributed by atoms with Gasteiger partial charge < -0.3 is 0 Å². The van der Waals surface area contributed by atoms with Crippen LogP contribution in [-0.4, -0.2) is 0 Å². The van der Waals surface area contributed by atoms with Crippen molar-refractivity contribution in [3.8, 4) is 0 Å². The summed E-state index contributed by atoms with van der Waals surface area (Å²) in [5, 5.41) is 0.